The van der Waals surface area contributed by atoms with E-state index < -0.39 is 4.92 Å². The summed E-state index contributed by atoms with van der Waals surface area (Å²) >= 11 is 0. The van der Waals surface area contributed by atoms with Gasteiger partial charge in [-0.3, -0.25) is 10.1 Å². The molecule has 2 N–H and O–H groups in total. The van der Waals surface area contributed by atoms with Crippen LogP contribution in [0.2, 0.25) is 0 Å². The highest BCUT2D eigenvalue weighted by atomic mass is 16.6. The first kappa shape index (κ1) is 7.53. The first-order valence-electron chi connectivity index (χ1n) is 3.48. The summed E-state index contributed by atoms with van der Waals surface area (Å²) in [4.78, 5) is 10.0. The normalized spacial score (nSPS) is 10.5. The Kier molecular flexibility index (Phi) is 1.42. The highest BCUT2D eigenvalue weighted by Gasteiger charge is 2.17. The molecule has 0 bridgehead atoms. The molecule has 6 nitrogen and oxygen atoms in total. The summed E-state index contributed by atoms with van der Waals surface area (Å²) in [6.45, 7) is 0. The SMILES string of the molecule is Nc1onc2cccc([N+](=O)[O-])c12. The number of hydrogen-bond donors (Lipinski definition) is 1. The van der Waals surface area contributed by atoms with Crippen LogP contribution in [0, 0.1) is 10.1 Å². The number of fused-ring (bicyclic) bond motifs is 1. The second-order valence-electron chi connectivity index (χ2n) is 2.48. The topological polar surface area (TPSA) is 95.2 Å². The van der Waals surface area contributed by atoms with E-state index >= 15 is 0 Å². The Bertz CT molecular complexity index is 477. The second kappa shape index (κ2) is 2.44. The van der Waals surface area contributed by atoms with Gasteiger partial charge in [0.25, 0.3) is 5.69 Å². The van der Waals surface area contributed by atoms with E-state index in [0.717, 1.165) is 0 Å². The largest absolute Gasteiger partial charge is 0.367 e. The molecule has 1 aromatic carbocycles. The van der Waals surface area contributed by atoms with Crippen molar-refractivity contribution in [1.82, 2.24) is 5.16 Å². The van der Waals surface area contributed by atoms with Crippen molar-refractivity contribution < 1.29 is 9.45 Å². The zero-order chi connectivity index (χ0) is 9.42. The van der Waals surface area contributed by atoms with Gasteiger partial charge in [-0.05, 0) is 6.07 Å². The predicted octanol–water partition coefficient (Wildman–Crippen LogP) is 1.32. The van der Waals surface area contributed by atoms with E-state index in [9.17, 15) is 10.1 Å². The molecule has 2 aromatic rings. The minimum atomic E-state index is -0.518. The van der Waals surface area contributed by atoms with E-state index in [0.29, 0.717) is 5.52 Å². The number of nitro groups is 1. The van der Waals surface area contributed by atoms with Crippen LogP contribution in [0.4, 0.5) is 11.6 Å². The van der Waals surface area contributed by atoms with Gasteiger partial charge < -0.3 is 10.3 Å². The van der Waals surface area contributed by atoms with Crippen molar-refractivity contribution in [3.63, 3.8) is 0 Å². The molecule has 0 saturated heterocycles. The van der Waals surface area contributed by atoms with Crippen molar-refractivity contribution in [2.45, 2.75) is 0 Å². The van der Waals surface area contributed by atoms with Crippen LogP contribution >= 0.6 is 0 Å². The van der Waals surface area contributed by atoms with E-state index in [2.05, 4.69) is 9.68 Å². The third kappa shape index (κ3) is 0.994. The molecule has 0 amide bonds. The molecule has 0 atom stereocenters. The van der Waals surface area contributed by atoms with Crippen molar-refractivity contribution in [1.29, 1.82) is 0 Å². The number of nitrogens with two attached hydrogens (primary N) is 1. The van der Waals surface area contributed by atoms with Gasteiger partial charge in [0.1, 0.15) is 10.9 Å². The maximum absolute atomic E-state index is 10.5. The van der Waals surface area contributed by atoms with Gasteiger partial charge in [0.05, 0.1) is 4.92 Å². The smallest absolute Gasteiger partial charge is 0.284 e. The summed E-state index contributed by atoms with van der Waals surface area (Å²) in [7, 11) is 0. The highest BCUT2D eigenvalue weighted by molar-refractivity contribution is 5.95. The average Bonchev–Trinajstić information content (AvgIpc) is 2.48. The lowest BCUT2D eigenvalue weighted by molar-refractivity contribution is -0.383. The van der Waals surface area contributed by atoms with Crippen LogP contribution in [0.5, 0.6) is 0 Å². The quantitative estimate of drug-likeness (QED) is 0.526. The third-order valence-corrected chi connectivity index (χ3v) is 1.71. The van der Waals surface area contributed by atoms with Crippen LogP contribution in [-0.4, -0.2) is 10.1 Å². The number of benzene rings is 1. The van der Waals surface area contributed by atoms with Gasteiger partial charge in [0, 0.05) is 6.07 Å². The summed E-state index contributed by atoms with van der Waals surface area (Å²) in [5.41, 5.74) is 5.69. The molecule has 0 aliphatic heterocycles. The Morgan fingerprint density at radius 1 is 1.54 bits per heavy atom. The number of nitrogens with zero attached hydrogens (tertiary/aromatic N) is 2. The van der Waals surface area contributed by atoms with Crippen molar-refractivity contribution in [3.8, 4) is 0 Å². The van der Waals surface area contributed by atoms with Gasteiger partial charge >= 0.3 is 0 Å². The van der Waals surface area contributed by atoms with Crippen LogP contribution in [0.1, 0.15) is 0 Å². The van der Waals surface area contributed by atoms with E-state index in [1.54, 1.807) is 6.07 Å². The average molecular weight is 179 g/mol. The van der Waals surface area contributed by atoms with E-state index in [1.807, 2.05) is 0 Å². The van der Waals surface area contributed by atoms with Gasteiger partial charge in [0.2, 0.25) is 5.88 Å². The zero-order valence-electron chi connectivity index (χ0n) is 6.43. The van der Waals surface area contributed by atoms with Crippen LogP contribution < -0.4 is 5.73 Å². The minimum absolute atomic E-state index is 0.0256. The number of aromatic nitrogens is 1. The maximum Gasteiger partial charge on any atom is 0.284 e. The molecule has 13 heavy (non-hydrogen) atoms. The number of anilines is 1. The Labute approximate surface area is 72.1 Å². The molecule has 0 radical (unpaired) electrons. The number of non-ortho nitro benzene ring substituents is 1. The molecular formula is C7H5N3O3. The first-order valence-corrected chi connectivity index (χ1v) is 3.48. The molecule has 0 spiro atoms. The van der Waals surface area contributed by atoms with Crippen molar-refractivity contribution in [3.05, 3.63) is 28.3 Å². The first-order chi connectivity index (χ1) is 6.20. The lowest BCUT2D eigenvalue weighted by Crippen LogP contribution is -1.90. The monoisotopic (exact) mass is 179 g/mol. The van der Waals surface area contributed by atoms with Crippen molar-refractivity contribution in [2.24, 2.45) is 0 Å². The lowest BCUT2D eigenvalue weighted by atomic mass is 10.2. The molecule has 0 aliphatic carbocycles. The lowest BCUT2D eigenvalue weighted by Gasteiger charge is -1.90. The fourth-order valence-corrected chi connectivity index (χ4v) is 1.15. The van der Waals surface area contributed by atoms with E-state index in [-0.39, 0.29) is 17.0 Å². The third-order valence-electron chi connectivity index (χ3n) is 1.71. The molecule has 1 heterocycles. The molecule has 0 fully saturated rings. The van der Waals surface area contributed by atoms with Crippen molar-refractivity contribution >= 4 is 22.5 Å². The van der Waals surface area contributed by atoms with Crippen LogP contribution in [-0.2, 0) is 0 Å². The zero-order valence-corrected chi connectivity index (χ0v) is 6.43. The van der Waals surface area contributed by atoms with Crippen LogP contribution in [0.25, 0.3) is 10.9 Å². The fourth-order valence-electron chi connectivity index (χ4n) is 1.15. The Balaban J connectivity index is 2.88. The number of rotatable bonds is 1. The molecule has 2 rings (SSSR count). The molecule has 0 unspecified atom stereocenters. The predicted molar refractivity (Wildman–Crippen MR) is 45.1 cm³/mol. The van der Waals surface area contributed by atoms with Gasteiger partial charge in [0.15, 0.2) is 0 Å². The maximum atomic E-state index is 10.5. The van der Waals surface area contributed by atoms with Gasteiger partial charge in [-0.2, -0.15) is 0 Å². The fraction of sp³-hybridized carbons (Fsp3) is 0. The van der Waals surface area contributed by atoms with Crippen LogP contribution in [0.3, 0.4) is 0 Å². The van der Waals surface area contributed by atoms with Gasteiger partial charge in [-0.15, -0.1) is 0 Å². The molecule has 66 valence electrons. The summed E-state index contributed by atoms with van der Waals surface area (Å²) < 4.78 is 4.63. The standard InChI is InChI=1S/C7H5N3O3/c8-7-6-4(9-13-7)2-1-3-5(6)10(11)12/h1-3H,8H2. The van der Waals surface area contributed by atoms with Crippen LogP contribution in [0.15, 0.2) is 22.7 Å². The molecule has 0 saturated carbocycles. The van der Waals surface area contributed by atoms with Gasteiger partial charge in [-0.1, -0.05) is 11.2 Å². The van der Waals surface area contributed by atoms with Crippen molar-refractivity contribution in [2.75, 3.05) is 5.73 Å². The number of hydrogen-bond acceptors (Lipinski definition) is 5. The highest BCUT2D eigenvalue weighted by Crippen LogP contribution is 2.29. The molecule has 0 aliphatic rings. The van der Waals surface area contributed by atoms with E-state index in [1.165, 1.54) is 12.1 Å². The minimum Gasteiger partial charge on any atom is -0.367 e. The second-order valence-corrected chi connectivity index (χ2v) is 2.48. The van der Waals surface area contributed by atoms with Gasteiger partial charge in [-0.25, -0.2) is 0 Å². The molecule has 1 aromatic heterocycles. The molecule has 6 heteroatoms. The Hall–Kier alpha value is -2.11. The molecular weight excluding hydrogens is 174 g/mol. The summed E-state index contributed by atoms with van der Waals surface area (Å²) in [6, 6.07) is 4.49. The Morgan fingerprint density at radius 2 is 2.31 bits per heavy atom. The summed E-state index contributed by atoms with van der Waals surface area (Å²) in [5.74, 6) is -0.0256. The summed E-state index contributed by atoms with van der Waals surface area (Å²) in [6.07, 6.45) is 0. The Morgan fingerprint density at radius 3 is 3.00 bits per heavy atom. The number of nitrogen functional groups attached to an aromatic ring is 1. The number of nitro benzene ring substituents is 1. The summed E-state index contributed by atoms with van der Waals surface area (Å²) in [5, 5.41) is 14.4. The van der Waals surface area contributed by atoms with E-state index in [4.69, 9.17) is 5.73 Å².